The Morgan fingerprint density at radius 2 is 2.00 bits per heavy atom. The zero-order chi connectivity index (χ0) is 22.0. The molecule has 2 heterocycles. The zero-order valence-corrected chi connectivity index (χ0v) is 19.3. The van der Waals surface area contributed by atoms with E-state index in [0.717, 1.165) is 5.69 Å². The number of fused-ring (bicyclic) bond motifs is 1. The molecule has 0 aliphatic carbocycles. The number of carbonyl (C=O) groups excluding carboxylic acids is 1. The molecule has 2 aromatic carbocycles. The van der Waals surface area contributed by atoms with Crippen LogP contribution in [0, 0.1) is 0 Å². The lowest BCUT2D eigenvalue weighted by Gasteiger charge is -2.18. The van der Waals surface area contributed by atoms with Gasteiger partial charge in [0.1, 0.15) is 0 Å². The topological polar surface area (TPSA) is 68.1 Å². The van der Waals surface area contributed by atoms with E-state index in [4.69, 9.17) is 11.6 Å². The Balaban J connectivity index is 1.60. The van der Waals surface area contributed by atoms with Crippen molar-refractivity contribution in [3.8, 4) is 0 Å². The number of hydrogen-bond donors (Lipinski definition) is 0. The third kappa shape index (κ3) is 4.51. The molecule has 0 bridgehead atoms. The van der Waals surface area contributed by atoms with E-state index in [9.17, 15) is 9.59 Å². The number of para-hydroxylation sites is 1. The number of halogens is 1. The highest BCUT2D eigenvalue weighted by Crippen LogP contribution is 2.32. The lowest BCUT2D eigenvalue weighted by molar-refractivity contribution is -0.115. The molecular formula is C22H19ClN4O2S2. The fourth-order valence-corrected chi connectivity index (χ4v) is 5.32. The summed E-state index contributed by atoms with van der Waals surface area (Å²) in [6.45, 7) is 3.96. The number of aromatic nitrogens is 3. The molecule has 0 aliphatic heterocycles. The van der Waals surface area contributed by atoms with Crippen LogP contribution in [0.2, 0.25) is 5.02 Å². The van der Waals surface area contributed by atoms with Gasteiger partial charge in [0.25, 0.3) is 5.56 Å². The summed E-state index contributed by atoms with van der Waals surface area (Å²) in [5.74, 6) is 0.384. The molecule has 0 radical (unpaired) electrons. The second-order valence-electron chi connectivity index (χ2n) is 6.71. The number of thiazole rings is 1. The molecule has 0 fully saturated rings. The molecule has 4 rings (SSSR count). The number of carbonyl (C=O) groups is 1. The summed E-state index contributed by atoms with van der Waals surface area (Å²) in [5, 5.41) is 4.31. The van der Waals surface area contributed by atoms with Crippen molar-refractivity contribution in [2.75, 3.05) is 4.90 Å². The quantitative estimate of drug-likeness (QED) is 0.275. The van der Waals surface area contributed by atoms with E-state index in [1.807, 2.05) is 36.6 Å². The van der Waals surface area contributed by atoms with Crippen molar-refractivity contribution in [2.24, 2.45) is 0 Å². The Labute approximate surface area is 192 Å². The normalized spacial score (nSPS) is 11.1. The third-order valence-corrected chi connectivity index (χ3v) is 6.72. The zero-order valence-electron chi connectivity index (χ0n) is 16.9. The fraction of sp³-hybridized carbons (Fsp3) is 0.182. The molecule has 0 spiro atoms. The van der Waals surface area contributed by atoms with Crippen LogP contribution in [0.4, 0.5) is 10.8 Å². The van der Waals surface area contributed by atoms with Gasteiger partial charge in [-0.1, -0.05) is 41.6 Å². The summed E-state index contributed by atoms with van der Waals surface area (Å²) >= 11 is 8.94. The average molecular weight is 471 g/mol. The van der Waals surface area contributed by atoms with Gasteiger partial charge in [-0.25, -0.2) is 9.97 Å². The van der Waals surface area contributed by atoms with E-state index in [0.29, 0.717) is 44.2 Å². The maximum atomic E-state index is 12.8. The van der Waals surface area contributed by atoms with Gasteiger partial charge in [0.15, 0.2) is 10.3 Å². The summed E-state index contributed by atoms with van der Waals surface area (Å²) in [6.07, 6.45) is 0. The Bertz CT molecular complexity index is 1320. The second kappa shape index (κ2) is 9.21. The maximum absolute atomic E-state index is 12.8. The van der Waals surface area contributed by atoms with Crippen molar-refractivity contribution in [1.29, 1.82) is 0 Å². The molecule has 9 heteroatoms. The molecule has 4 aromatic rings. The second-order valence-corrected chi connectivity index (χ2v) is 8.92. The lowest BCUT2D eigenvalue weighted by Crippen LogP contribution is -2.22. The van der Waals surface area contributed by atoms with Crippen LogP contribution < -0.4 is 10.5 Å². The predicted molar refractivity (Wildman–Crippen MR) is 128 cm³/mol. The van der Waals surface area contributed by atoms with Crippen molar-refractivity contribution in [2.45, 2.75) is 31.3 Å². The van der Waals surface area contributed by atoms with E-state index in [1.165, 1.54) is 30.0 Å². The van der Waals surface area contributed by atoms with Gasteiger partial charge in [0, 0.05) is 29.6 Å². The van der Waals surface area contributed by atoms with Gasteiger partial charge < -0.3 is 0 Å². The van der Waals surface area contributed by atoms with E-state index in [-0.39, 0.29) is 11.5 Å². The highest BCUT2D eigenvalue weighted by Gasteiger charge is 2.19. The number of amides is 1. The Kier molecular flexibility index (Phi) is 6.41. The minimum Gasteiger partial charge on any atom is -0.287 e. The maximum Gasteiger partial charge on any atom is 0.262 e. The van der Waals surface area contributed by atoms with Crippen LogP contribution >= 0.6 is 34.7 Å². The molecule has 2 aromatic heterocycles. The summed E-state index contributed by atoms with van der Waals surface area (Å²) in [5.41, 5.74) is 2.12. The van der Waals surface area contributed by atoms with Crippen molar-refractivity contribution in [3.05, 3.63) is 75.0 Å². The van der Waals surface area contributed by atoms with Gasteiger partial charge in [0.2, 0.25) is 5.91 Å². The summed E-state index contributed by atoms with van der Waals surface area (Å²) in [6, 6.07) is 14.5. The van der Waals surface area contributed by atoms with Crippen LogP contribution in [0.1, 0.15) is 19.5 Å². The average Bonchev–Trinajstić information content (AvgIpc) is 3.20. The number of anilines is 2. The van der Waals surface area contributed by atoms with Crippen molar-refractivity contribution < 1.29 is 4.79 Å². The SMILES string of the molecule is CCn1c(SCc2csc(N(C(C)=O)c3cccc(Cl)c3)n2)nc2ccccc2c1=O. The van der Waals surface area contributed by atoms with Crippen LogP contribution in [0.25, 0.3) is 10.9 Å². The first kappa shape index (κ1) is 21.5. The minimum absolute atomic E-state index is 0.0433. The molecule has 0 atom stereocenters. The predicted octanol–water partition coefficient (Wildman–Crippen LogP) is 5.50. The molecule has 158 valence electrons. The van der Waals surface area contributed by atoms with Gasteiger partial charge in [0.05, 0.1) is 22.3 Å². The molecule has 0 unspecified atom stereocenters. The molecule has 1 amide bonds. The largest absolute Gasteiger partial charge is 0.287 e. The van der Waals surface area contributed by atoms with E-state index >= 15 is 0 Å². The van der Waals surface area contributed by atoms with Crippen molar-refractivity contribution in [3.63, 3.8) is 0 Å². The van der Waals surface area contributed by atoms with E-state index in [1.54, 1.807) is 33.7 Å². The van der Waals surface area contributed by atoms with Gasteiger partial charge in [-0.3, -0.25) is 19.1 Å². The Morgan fingerprint density at radius 3 is 2.74 bits per heavy atom. The van der Waals surface area contributed by atoms with Gasteiger partial charge in [-0.2, -0.15) is 0 Å². The van der Waals surface area contributed by atoms with E-state index < -0.39 is 0 Å². The Hall–Kier alpha value is -2.68. The molecule has 0 saturated heterocycles. The monoisotopic (exact) mass is 470 g/mol. The number of benzene rings is 2. The smallest absolute Gasteiger partial charge is 0.262 e. The molecule has 0 aliphatic rings. The van der Waals surface area contributed by atoms with Gasteiger partial charge in [-0.05, 0) is 37.3 Å². The number of rotatable bonds is 6. The van der Waals surface area contributed by atoms with Gasteiger partial charge in [-0.15, -0.1) is 11.3 Å². The highest BCUT2D eigenvalue weighted by molar-refractivity contribution is 7.98. The molecule has 0 N–H and O–H groups in total. The van der Waals surface area contributed by atoms with Crippen LogP contribution in [0.3, 0.4) is 0 Å². The highest BCUT2D eigenvalue weighted by atomic mass is 35.5. The minimum atomic E-state index is -0.146. The lowest BCUT2D eigenvalue weighted by atomic mass is 10.2. The van der Waals surface area contributed by atoms with Gasteiger partial charge >= 0.3 is 0 Å². The van der Waals surface area contributed by atoms with Crippen LogP contribution in [-0.2, 0) is 17.1 Å². The molecular weight excluding hydrogens is 452 g/mol. The number of thioether (sulfide) groups is 1. The first-order valence-corrected chi connectivity index (χ1v) is 11.8. The Morgan fingerprint density at radius 1 is 1.19 bits per heavy atom. The molecule has 6 nitrogen and oxygen atoms in total. The standard InChI is InChI=1S/C22H19ClN4O2S2/c1-3-26-20(29)18-9-4-5-10-19(18)25-21(26)30-12-16-13-31-22(24-16)27(14(2)28)17-8-6-7-15(23)11-17/h4-11,13H,3,12H2,1-2H3. The first-order chi connectivity index (χ1) is 15.0. The van der Waals surface area contributed by atoms with E-state index in [2.05, 4.69) is 9.97 Å². The van der Waals surface area contributed by atoms with Crippen molar-refractivity contribution >= 4 is 62.3 Å². The van der Waals surface area contributed by atoms with Crippen LogP contribution in [0.15, 0.2) is 63.9 Å². The summed E-state index contributed by atoms with van der Waals surface area (Å²) in [7, 11) is 0. The summed E-state index contributed by atoms with van der Waals surface area (Å²) in [4.78, 5) is 35.9. The molecule has 31 heavy (non-hydrogen) atoms. The first-order valence-electron chi connectivity index (χ1n) is 9.61. The van der Waals surface area contributed by atoms with Crippen molar-refractivity contribution in [1.82, 2.24) is 14.5 Å². The number of hydrogen-bond acceptors (Lipinski definition) is 6. The van der Waals surface area contributed by atoms with Crippen LogP contribution in [0.5, 0.6) is 0 Å². The third-order valence-electron chi connectivity index (χ3n) is 4.60. The number of nitrogens with zero attached hydrogens (tertiary/aromatic N) is 4. The fourth-order valence-electron chi connectivity index (χ4n) is 3.18. The molecule has 0 saturated carbocycles. The van der Waals surface area contributed by atoms with Crippen LogP contribution in [-0.4, -0.2) is 20.4 Å². The summed E-state index contributed by atoms with van der Waals surface area (Å²) < 4.78 is 1.67.